The molecule has 2 aliphatic heterocycles. The molecule has 9 heteroatoms. The summed E-state index contributed by atoms with van der Waals surface area (Å²) in [5, 5.41) is 13.2. The second kappa shape index (κ2) is 9.11. The second-order valence-corrected chi connectivity index (χ2v) is 11.0. The minimum atomic E-state index is -4.04. The highest BCUT2D eigenvalue weighted by Gasteiger charge is 2.45. The van der Waals surface area contributed by atoms with Gasteiger partial charge >= 0.3 is 5.97 Å². The average Bonchev–Trinajstić information content (AvgIpc) is 3.48. The van der Waals surface area contributed by atoms with Crippen LogP contribution in [0.1, 0.15) is 54.4 Å². The fraction of sp³-hybridized carbons (Fsp3) is 0.480. The Bertz CT molecular complexity index is 1200. The smallest absolute Gasteiger partial charge is 0.341 e. The number of carboxylic acids is 1. The Labute approximate surface area is 200 Å². The van der Waals surface area contributed by atoms with Gasteiger partial charge in [-0.25, -0.2) is 13.2 Å². The van der Waals surface area contributed by atoms with E-state index in [1.54, 1.807) is 30.3 Å². The summed E-state index contributed by atoms with van der Waals surface area (Å²) in [6.07, 6.45) is 4.28. The van der Waals surface area contributed by atoms with Crippen molar-refractivity contribution in [2.75, 3.05) is 36.3 Å². The molecule has 5 rings (SSSR count). The maximum Gasteiger partial charge on any atom is 0.341 e. The van der Waals surface area contributed by atoms with E-state index in [1.165, 1.54) is 12.5 Å². The molecule has 8 nitrogen and oxygen atoms in total. The number of sulfonamides is 1. The van der Waals surface area contributed by atoms with Gasteiger partial charge in [-0.3, -0.25) is 4.72 Å². The first-order valence-electron chi connectivity index (χ1n) is 12.0. The fourth-order valence-corrected chi connectivity index (χ4v) is 6.66. The minimum absolute atomic E-state index is 0.0182. The number of ether oxygens (including phenoxy) is 1. The fourth-order valence-electron chi connectivity index (χ4n) is 5.41. The number of anilines is 2. The number of hydrogen-bond acceptors (Lipinski definition) is 6. The van der Waals surface area contributed by atoms with Crippen molar-refractivity contribution < 1.29 is 23.1 Å². The van der Waals surface area contributed by atoms with Crippen LogP contribution in [0.15, 0.2) is 41.3 Å². The third-order valence-electron chi connectivity index (χ3n) is 7.28. The number of aromatic carboxylic acids is 1. The van der Waals surface area contributed by atoms with Gasteiger partial charge in [0.2, 0.25) is 0 Å². The summed E-state index contributed by atoms with van der Waals surface area (Å²) in [6, 6.07) is 10.6. The first-order chi connectivity index (χ1) is 16.4. The van der Waals surface area contributed by atoms with Gasteiger partial charge in [-0.2, -0.15) is 0 Å². The molecule has 3 aliphatic rings. The van der Waals surface area contributed by atoms with Crippen LogP contribution in [0.4, 0.5) is 11.4 Å². The Kier molecular flexibility index (Phi) is 6.16. The molecule has 0 spiro atoms. The zero-order chi connectivity index (χ0) is 23.9. The topological polar surface area (TPSA) is 108 Å². The van der Waals surface area contributed by atoms with Crippen molar-refractivity contribution >= 4 is 27.4 Å². The van der Waals surface area contributed by atoms with Gasteiger partial charge in [-0.15, -0.1) is 0 Å². The summed E-state index contributed by atoms with van der Waals surface area (Å²) in [5.74, 6) is -0.184. The lowest BCUT2D eigenvalue weighted by Crippen LogP contribution is -2.30. The summed E-state index contributed by atoms with van der Waals surface area (Å²) in [5.41, 5.74) is 1.25. The number of hydrogen-bond donors (Lipinski definition) is 3. The molecule has 3 atom stereocenters. The monoisotopic (exact) mass is 485 g/mol. The van der Waals surface area contributed by atoms with E-state index in [0.717, 1.165) is 37.9 Å². The van der Waals surface area contributed by atoms with Gasteiger partial charge in [0.25, 0.3) is 10.0 Å². The Morgan fingerprint density at radius 2 is 2.03 bits per heavy atom. The number of likely N-dealkylation sites (tertiary alicyclic amines) is 1. The van der Waals surface area contributed by atoms with E-state index >= 15 is 0 Å². The molecule has 2 unspecified atom stereocenters. The maximum absolute atomic E-state index is 13.4. The Morgan fingerprint density at radius 1 is 1.21 bits per heavy atom. The van der Waals surface area contributed by atoms with E-state index in [4.69, 9.17) is 4.74 Å². The number of para-hydroxylation sites is 1. The van der Waals surface area contributed by atoms with Crippen LogP contribution in [0.5, 0.6) is 5.75 Å². The predicted octanol–water partition coefficient (Wildman–Crippen LogP) is 3.97. The quantitative estimate of drug-likeness (QED) is 0.493. The zero-order valence-corrected chi connectivity index (χ0v) is 20.1. The van der Waals surface area contributed by atoms with Crippen LogP contribution in [0, 0.1) is 5.92 Å². The Hall–Kier alpha value is -2.78. The van der Waals surface area contributed by atoms with Crippen LogP contribution in [-0.4, -0.2) is 56.7 Å². The van der Waals surface area contributed by atoms with Gasteiger partial charge in [-0.1, -0.05) is 25.1 Å². The van der Waals surface area contributed by atoms with Crippen LogP contribution in [0.3, 0.4) is 0 Å². The molecule has 0 bridgehead atoms. The van der Waals surface area contributed by atoms with Crippen molar-refractivity contribution in [2.24, 2.45) is 5.92 Å². The number of nitrogens with one attached hydrogen (secondary N) is 2. The van der Waals surface area contributed by atoms with Crippen LogP contribution >= 0.6 is 0 Å². The number of carbonyl (C=O) groups is 1. The number of rotatable bonds is 9. The molecule has 2 aromatic rings. The van der Waals surface area contributed by atoms with E-state index in [2.05, 4.69) is 21.9 Å². The molecule has 1 saturated heterocycles. The summed E-state index contributed by atoms with van der Waals surface area (Å²) < 4.78 is 35.0. The molecular formula is C25H31N3O5S. The Morgan fingerprint density at radius 3 is 2.82 bits per heavy atom. The standard InChI is InChI=1S/C25H31N3O5S/c1-2-28-13-5-6-17(28)11-12-26-20-7-3-4-8-22(20)34(31,32)27-21-10-9-18-19-14-16(19)15-33-24(18)23(21)25(29)30/h3-4,7-10,16-17,19,26-27H,2,5-6,11-15H2,1H3,(H,29,30)/t16?,17-,19?/m0/s1. The highest BCUT2D eigenvalue weighted by Crippen LogP contribution is 2.55. The van der Waals surface area contributed by atoms with Crippen molar-refractivity contribution in [3.63, 3.8) is 0 Å². The molecule has 2 fully saturated rings. The molecule has 1 aliphatic carbocycles. The molecule has 182 valence electrons. The second-order valence-electron chi connectivity index (χ2n) is 9.37. The predicted molar refractivity (Wildman–Crippen MR) is 130 cm³/mol. The first-order valence-corrected chi connectivity index (χ1v) is 13.5. The lowest BCUT2D eigenvalue weighted by Gasteiger charge is -2.23. The van der Waals surface area contributed by atoms with Crippen LogP contribution < -0.4 is 14.8 Å². The van der Waals surface area contributed by atoms with Gasteiger partial charge in [0, 0.05) is 18.5 Å². The van der Waals surface area contributed by atoms with Gasteiger partial charge in [0.1, 0.15) is 16.2 Å². The molecule has 34 heavy (non-hydrogen) atoms. The molecular weight excluding hydrogens is 454 g/mol. The van der Waals surface area contributed by atoms with Crippen molar-refractivity contribution in [1.82, 2.24) is 4.90 Å². The summed E-state index contributed by atoms with van der Waals surface area (Å²) in [7, 11) is -4.04. The SMILES string of the molecule is CCN1CCC[C@H]1CCNc1ccccc1S(=O)(=O)Nc1ccc2c(c1C(=O)O)OCC1CC21. The summed E-state index contributed by atoms with van der Waals surface area (Å²) >= 11 is 0. The minimum Gasteiger partial charge on any atom is -0.492 e. The summed E-state index contributed by atoms with van der Waals surface area (Å²) in [6.45, 7) is 5.44. The van der Waals surface area contributed by atoms with Gasteiger partial charge in [0.15, 0.2) is 0 Å². The van der Waals surface area contributed by atoms with Crippen LogP contribution in [0.25, 0.3) is 0 Å². The number of carboxylic acid groups (broad SMARTS) is 1. The maximum atomic E-state index is 13.4. The van der Waals surface area contributed by atoms with Crippen molar-refractivity contribution in [3.8, 4) is 5.75 Å². The molecule has 0 radical (unpaired) electrons. The van der Waals surface area contributed by atoms with E-state index in [0.29, 0.717) is 36.7 Å². The largest absolute Gasteiger partial charge is 0.492 e. The molecule has 3 N–H and O–H groups in total. The van der Waals surface area contributed by atoms with E-state index in [1.807, 2.05) is 0 Å². The van der Waals surface area contributed by atoms with Crippen molar-refractivity contribution in [2.45, 2.75) is 49.5 Å². The zero-order valence-electron chi connectivity index (χ0n) is 19.3. The van der Waals surface area contributed by atoms with E-state index in [9.17, 15) is 18.3 Å². The lowest BCUT2D eigenvalue weighted by molar-refractivity contribution is 0.0692. The number of benzene rings is 2. The highest BCUT2D eigenvalue weighted by atomic mass is 32.2. The van der Waals surface area contributed by atoms with Crippen LogP contribution in [-0.2, 0) is 10.0 Å². The third-order valence-corrected chi connectivity index (χ3v) is 8.71. The van der Waals surface area contributed by atoms with Gasteiger partial charge in [-0.05, 0) is 68.5 Å². The van der Waals surface area contributed by atoms with Crippen LogP contribution in [0.2, 0.25) is 0 Å². The lowest BCUT2D eigenvalue weighted by atomic mass is 10.0. The van der Waals surface area contributed by atoms with Gasteiger partial charge < -0.3 is 20.1 Å². The van der Waals surface area contributed by atoms with E-state index in [-0.39, 0.29) is 21.9 Å². The number of fused-ring (bicyclic) bond motifs is 3. The normalized spacial score (nSPS) is 23.5. The Balaban J connectivity index is 1.36. The van der Waals surface area contributed by atoms with Crippen molar-refractivity contribution in [1.29, 1.82) is 0 Å². The molecule has 0 amide bonds. The van der Waals surface area contributed by atoms with Crippen molar-refractivity contribution in [3.05, 3.63) is 47.5 Å². The molecule has 0 aromatic heterocycles. The number of nitrogens with zero attached hydrogens (tertiary/aromatic N) is 1. The first kappa shape index (κ1) is 23.0. The molecule has 2 heterocycles. The molecule has 2 aromatic carbocycles. The van der Waals surface area contributed by atoms with E-state index < -0.39 is 16.0 Å². The molecule has 1 saturated carbocycles. The third kappa shape index (κ3) is 4.34. The average molecular weight is 486 g/mol. The highest BCUT2D eigenvalue weighted by molar-refractivity contribution is 7.92. The van der Waals surface area contributed by atoms with Gasteiger partial charge in [0.05, 0.1) is 18.0 Å². The summed E-state index contributed by atoms with van der Waals surface area (Å²) in [4.78, 5) is 14.6.